The molecule has 0 saturated carbocycles. The van der Waals surface area contributed by atoms with Gasteiger partial charge in [0.1, 0.15) is 5.75 Å². The second-order valence-corrected chi connectivity index (χ2v) is 6.29. The van der Waals surface area contributed by atoms with E-state index in [4.69, 9.17) is 18.9 Å². The van der Waals surface area contributed by atoms with Crippen molar-refractivity contribution in [1.82, 2.24) is 5.01 Å². The third-order valence-electron chi connectivity index (χ3n) is 4.26. The third kappa shape index (κ3) is 6.11. The van der Waals surface area contributed by atoms with Crippen molar-refractivity contribution in [2.24, 2.45) is 5.10 Å². The number of carbonyl (C=O) groups excluding carboxylic acids is 1. The van der Waals surface area contributed by atoms with E-state index < -0.39 is 0 Å². The SMILES string of the molecule is COc1cccc(NC(=O)COc2ccc(C=NN3CCOCC3)cc2OC)c1. The zero-order valence-electron chi connectivity index (χ0n) is 16.6. The maximum absolute atomic E-state index is 12.2. The number of benzene rings is 2. The first-order valence-corrected chi connectivity index (χ1v) is 9.29. The third-order valence-corrected chi connectivity index (χ3v) is 4.26. The van der Waals surface area contributed by atoms with Gasteiger partial charge in [-0.05, 0) is 35.9 Å². The van der Waals surface area contributed by atoms with Crippen molar-refractivity contribution in [3.63, 3.8) is 0 Å². The Balaban J connectivity index is 1.57. The number of anilines is 1. The van der Waals surface area contributed by atoms with Crippen LogP contribution in [-0.2, 0) is 9.53 Å². The van der Waals surface area contributed by atoms with Crippen LogP contribution >= 0.6 is 0 Å². The molecular weight excluding hydrogens is 374 g/mol. The van der Waals surface area contributed by atoms with Crippen molar-refractivity contribution in [2.75, 3.05) is 52.4 Å². The number of methoxy groups -OCH3 is 2. The van der Waals surface area contributed by atoms with E-state index in [1.165, 1.54) is 0 Å². The molecule has 1 N–H and O–H groups in total. The van der Waals surface area contributed by atoms with Gasteiger partial charge in [-0.1, -0.05) is 6.07 Å². The highest BCUT2D eigenvalue weighted by atomic mass is 16.5. The predicted octanol–water partition coefficient (Wildman–Crippen LogP) is 2.39. The van der Waals surface area contributed by atoms with Gasteiger partial charge in [-0.25, -0.2) is 0 Å². The van der Waals surface area contributed by atoms with Crippen LogP contribution in [0, 0.1) is 0 Å². The summed E-state index contributed by atoms with van der Waals surface area (Å²) in [5.41, 5.74) is 1.51. The second-order valence-electron chi connectivity index (χ2n) is 6.29. The van der Waals surface area contributed by atoms with Gasteiger partial charge in [-0.15, -0.1) is 0 Å². The van der Waals surface area contributed by atoms with E-state index in [-0.39, 0.29) is 12.5 Å². The minimum absolute atomic E-state index is 0.144. The summed E-state index contributed by atoms with van der Waals surface area (Å²) in [6.45, 7) is 2.78. The summed E-state index contributed by atoms with van der Waals surface area (Å²) in [5, 5.41) is 9.18. The number of carbonyl (C=O) groups is 1. The number of hydrogen-bond donors (Lipinski definition) is 1. The number of rotatable bonds is 8. The van der Waals surface area contributed by atoms with E-state index in [1.807, 2.05) is 17.1 Å². The second kappa shape index (κ2) is 10.3. The summed E-state index contributed by atoms with van der Waals surface area (Å²) in [7, 11) is 3.13. The molecular formula is C21H25N3O5. The Morgan fingerprint density at radius 2 is 1.97 bits per heavy atom. The van der Waals surface area contributed by atoms with Crippen LogP contribution in [0.1, 0.15) is 5.56 Å². The molecule has 8 nitrogen and oxygen atoms in total. The van der Waals surface area contributed by atoms with Crippen LogP contribution in [0.4, 0.5) is 5.69 Å². The molecule has 0 aliphatic carbocycles. The van der Waals surface area contributed by atoms with Crippen LogP contribution in [-0.4, -0.2) is 64.3 Å². The zero-order valence-corrected chi connectivity index (χ0v) is 16.6. The van der Waals surface area contributed by atoms with Crippen molar-refractivity contribution in [2.45, 2.75) is 0 Å². The Bertz CT molecular complexity index is 850. The molecule has 2 aromatic carbocycles. The van der Waals surface area contributed by atoms with Crippen LogP contribution in [0.2, 0.25) is 0 Å². The maximum atomic E-state index is 12.2. The average molecular weight is 399 g/mol. The smallest absolute Gasteiger partial charge is 0.262 e. The Hall–Kier alpha value is -3.26. The van der Waals surface area contributed by atoms with E-state index in [1.54, 1.807) is 50.8 Å². The van der Waals surface area contributed by atoms with E-state index in [9.17, 15) is 4.79 Å². The fourth-order valence-corrected chi connectivity index (χ4v) is 2.74. The Morgan fingerprint density at radius 1 is 1.14 bits per heavy atom. The van der Waals surface area contributed by atoms with Crippen LogP contribution < -0.4 is 19.5 Å². The van der Waals surface area contributed by atoms with Crippen LogP contribution in [0.25, 0.3) is 0 Å². The van der Waals surface area contributed by atoms with Crippen LogP contribution in [0.15, 0.2) is 47.6 Å². The molecule has 1 heterocycles. The zero-order chi connectivity index (χ0) is 20.5. The summed E-state index contributed by atoms with van der Waals surface area (Å²) in [5.74, 6) is 1.40. The van der Waals surface area contributed by atoms with E-state index in [0.29, 0.717) is 36.1 Å². The largest absolute Gasteiger partial charge is 0.497 e. The number of hydrazone groups is 1. The summed E-state index contributed by atoms with van der Waals surface area (Å²) in [6, 6.07) is 12.6. The lowest BCUT2D eigenvalue weighted by Gasteiger charge is -2.23. The molecule has 3 rings (SSSR count). The first kappa shape index (κ1) is 20.5. The lowest BCUT2D eigenvalue weighted by molar-refractivity contribution is -0.118. The molecule has 1 fully saturated rings. The topological polar surface area (TPSA) is 81.6 Å². The number of morpholine rings is 1. The minimum Gasteiger partial charge on any atom is -0.497 e. The lowest BCUT2D eigenvalue weighted by Crippen LogP contribution is -2.32. The molecule has 0 aromatic heterocycles. The number of nitrogens with zero attached hydrogens (tertiary/aromatic N) is 2. The van der Waals surface area contributed by atoms with Gasteiger partial charge in [0.05, 0.1) is 46.7 Å². The normalized spacial score (nSPS) is 13.9. The average Bonchev–Trinajstić information content (AvgIpc) is 2.77. The number of hydrogen-bond acceptors (Lipinski definition) is 7. The fraction of sp³-hybridized carbons (Fsp3) is 0.333. The maximum Gasteiger partial charge on any atom is 0.262 e. The van der Waals surface area contributed by atoms with E-state index in [2.05, 4.69) is 10.4 Å². The molecule has 0 unspecified atom stereocenters. The first-order chi connectivity index (χ1) is 14.2. The highest BCUT2D eigenvalue weighted by Gasteiger charge is 2.10. The summed E-state index contributed by atoms with van der Waals surface area (Å²) >= 11 is 0. The Kier molecular flexibility index (Phi) is 7.29. The molecule has 1 aliphatic rings. The van der Waals surface area contributed by atoms with Gasteiger partial charge < -0.3 is 24.3 Å². The molecule has 0 spiro atoms. The van der Waals surface area contributed by atoms with E-state index in [0.717, 1.165) is 18.7 Å². The molecule has 1 aliphatic heterocycles. The Labute approximate surface area is 170 Å². The number of amides is 1. The highest BCUT2D eigenvalue weighted by molar-refractivity contribution is 5.92. The van der Waals surface area contributed by atoms with Gasteiger partial charge in [-0.3, -0.25) is 9.80 Å². The van der Waals surface area contributed by atoms with Crippen LogP contribution in [0.3, 0.4) is 0 Å². The van der Waals surface area contributed by atoms with Crippen molar-refractivity contribution in [1.29, 1.82) is 0 Å². The van der Waals surface area contributed by atoms with Gasteiger partial charge in [0, 0.05) is 11.8 Å². The molecule has 154 valence electrons. The van der Waals surface area contributed by atoms with Crippen molar-refractivity contribution >= 4 is 17.8 Å². The predicted molar refractivity (Wildman–Crippen MR) is 110 cm³/mol. The van der Waals surface area contributed by atoms with Gasteiger partial charge >= 0.3 is 0 Å². The molecule has 0 radical (unpaired) electrons. The molecule has 29 heavy (non-hydrogen) atoms. The van der Waals surface area contributed by atoms with Gasteiger partial charge in [0.25, 0.3) is 5.91 Å². The summed E-state index contributed by atoms with van der Waals surface area (Å²) in [4.78, 5) is 12.2. The lowest BCUT2D eigenvalue weighted by atomic mass is 10.2. The Morgan fingerprint density at radius 3 is 2.72 bits per heavy atom. The van der Waals surface area contributed by atoms with Gasteiger partial charge in [-0.2, -0.15) is 5.10 Å². The van der Waals surface area contributed by atoms with Crippen LogP contribution in [0.5, 0.6) is 17.2 Å². The molecule has 1 amide bonds. The monoisotopic (exact) mass is 399 g/mol. The molecule has 8 heteroatoms. The van der Waals surface area contributed by atoms with Crippen molar-refractivity contribution < 1.29 is 23.7 Å². The molecule has 1 saturated heterocycles. The summed E-state index contributed by atoms with van der Waals surface area (Å²) < 4.78 is 21.5. The van der Waals surface area contributed by atoms with Crippen molar-refractivity contribution in [3.05, 3.63) is 48.0 Å². The minimum atomic E-state index is -0.279. The summed E-state index contributed by atoms with van der Waals surface area (Å²) in [6.07, 6.45) is 1.77. The molecule has 0 bridgehead atoms. The fourth-order valence-electron chi connectivity index (χ4n) is 2.74. The number of nitrogens with one attached hydrogen (secondary N) is 1. The van der Waals surface area contributed by atoms with Crippen molar-refractivity contribution in [3.8, 4) is 17.2 Å². The van der Waals surface area contributed by atoms with Gasteiger partial charge in [0.2, 0.25) is 0 Å². The molecule has 0 atom stereocenters. The standard InChI is InChI=1S/C21H25N3O5/c1-26-18-5-3-4-17(13-18)23-21(25)15-29-19-7-6-16(12-20(19)27-2)14-22-24-8-10-28-11-9-24/h3-7,12-14H,8-11,15H2,1-2H3,(H,23,25). The highest BCUT2D eigenvalue weighted by Crippen LogP contribution is 2.27. The quantitative estimate of drug-likeness (QED) is 0.687. The first-order valence-electron chi connectivity index (χ1n) is 9.29. The van der Waals surface area contributed by atoms with E-state index >= 15 is 0 Å². The van der Waals surface area contributed by atoms with Gasteiger partial charge in [0.15, 0.2) is 18.1 Å². The molecule has 2 aromatic rings. The number of ether oxygens (including phenoxy) is 4.